The normalized spacial score (nSPS) is 17.1. The predicted octanol–water partition coefficient (Wildman–Crippen LogP) is 2.68. The summed E-state index contributed by atoms with van der Waals surface area (Å²) in [6.45, 7) is 6.90. The Hall–Kier alpha value is -3.14. The predicted molar refractivity (Wildman–Crippen MR) is 135 cm³/mol. The molecule has 2 heterocycles. The van der Waals surface area contributed by atoms with Gasteiger partial charge in [0.25, 0.3) is 5.91 Å². The maximum Gasteiger partial charge on any atom is 0.414 e. The lowest BCUT2D eigenvalue weighted by Crippen LogP contribution is -2.54. The van der Waals surface area contributed by atoms with Crippen LogP contribution in [0, 0.1) is 0 Å². The zero-order chi connectivity index (χ0) is 25.9. The van der Waals surface area contributed by atoms with Crippen molar-refractivity contribution in [2.75, 3.05) is 45.9 Å². The second-order valence-electron chi connectivity index (χ2n) is 8.76. The lowest BCUT2D eigenvalue weighted by molar-refractivity contribution is -0.159. The van der Waals surface area contributed by atoms with Crippen molar-refractivity contribution in [3.05, 3.63) is 65.2 Å². The molecule has 0 saturated carbocycles. The summed E-state index contributed by atoms with van der Waals surface area (Å²) in [6.07, 6.45) is 2.42. The SMILES string of the molecule is O=C(COc1ccc(Cl)cc1)N1CCN(C2CCN(Cc3ccccc3)CC2)CC1.O=C(O)C(=O)O. The summed E-state index contributed by atoms with van der Waals surface area (Å²) in [5, 5.41) is 15.4. The molecule has 2 aliphatic rings. The van der Waals surface area contributed by atoms with Crippen LogP contribution in [0.5, 0.6) is 5.75 Å². The number of aliphatic carboxylic acids is 2. The fourth-order valence-electron chi connectivity index (χ4n) is 4.39. The van der Waals surface area contributed by atoms with Crippen molar-refractivity contribution in [3.63, 3.8) is 0 Å². The first-order valence-electron chi connectivity index (χ1n) is 11.9. The highest BCUT2D eigenvalue weighted by Gasteiger charge is 2.29. The zero-order valence-electron chi connectivity index (χ0n) is 20.1. The Balaban J connectivity index is 0.000000538. The first-order valence-corrected chi connectivity index (χ1v) is 12.3. The van der Waals surface area contributed by atoms with Crippen molar-refractivity contribution in [3.8, 4) is 5.75 Å². The van der Waals surface area contributed by atoms with Gasteiger partial charge < -0.3 is 19.8 Å². The van der Waals surface area contributed by atoms with E-state index in [0.29, 0.717) is 16.8 Å². The summed E-state index contributed by atoms with van der Waals surface area (Å²) in [5.74, 6) is -2.92. The van der Waals surface area contributed by atoms with E-state index < -0.39 is 11.9 Å². The smallest absolute Gasteiger partial charge is 0.414 e. The molecule has 0 spiro atoms. The molecule has 0 bridgehead atoms. The quantitative estimate of drug-likeness (QED) is 0.563. The van der Waals surface area contributed by atoms with Crippen LogP contribution in [0.4, 0.5) is 0 Å². The Morgan fingerprint density at radius 2 is 1.42 bits per heavy atom. The molecule has 4 rings (SSSR count). The number of piperidine rings is 1. The van der Waals surface area contributed by atoms with Crippen LogP contribution in [-0.2, 0) is 20.9 Å². The summed E-state index contributed by atoms with van der Waals surface area (Å²) >= 11 is 5.88. The molecule has 0 aromatic heterocycles. The second-order valence-corrected chi connectivity index (χ2v) is 9.20. The highest BCUT2D eigenvalue weighted by molar-refractivity contribution is 6.30. The van der Waals surface area contributed by atoms with Gasteiger partial charge in [-0.15, -0.1) is 0 Å². The molecular weight excluding hydrogens is 486 g/mol. The van der Waals surface area contributed by atoms with E-state index in [2.05, 4.69) is 40.1 Å². The van der Waals surface area contributed by atoms with Crippen molar-refractivity contribution >= 4 is 29.4 Å². The van der Waals surface area contributed by atoms with E-state index in [1.807, 2.05) is 4.90 Å². The zero-order valence-corrected chi connectivity index (χ0v) is 20.8. The standard InChI is InChI=1S/C24H30ClN3O2.C2H2O4/c25-21-6-8-23(9-7-21)30-19-24(29)28-16-14-27(15-17-28)22-10-12-26(13-11-22)18-20-4-2-1-3-5-20;3-1(4)2(5)6/h1-9,22H,10-19H2;(H,3,4)(H,5,6). The van der Waals surface area contributed by atoms with E-state index in [9.17, 15) is 4.79 Å². The molecule has 1 amide bonds. The number of benzene rings is 2. The Kier molecular flexibility index (Phi) is 10.5. The fraction of sp³-hybridized carbons (Fsp3) is 0.423. The molecule has 0 aliphatic carbocycles. The number of likely N-dealkylation sites (tertiary alicyclic amines) is 1. The number of carbonyl (C=O) groups is 3. The van der Waals surface area contributed by atoms with Gasteiger partial charge in [0.2, 0.25) is 0 Å². The number of amides is 1. The Morgan fingerprint density at radius 3 is 1.97 bits per heavy atom. The first kappa shape index (κ1) is 27.4. The third-order valence-corrected chi connectivity index (χ3v) is 6.60. The number of ether oxygens (including phenoxy) is 1. The van der Waals surface area contributed by atoms with Gasteiger partial charge in [0.15, 0.2) is 6.61 Å². The molecule has 36 heavy (non-hydrogen) atoms. The molecular formula is C26H32ClN3O6. The highest BCUT2D eigenvalue weighted by atomic mass is 35.5. The highest BCUT2D eigenvalue weighted by Crippen LogP contribution is 2.20. The van der Waals surface area contributed by atoms with E-state index in [-0.39, 0.29) is 12.5 Å². The van der Waals surface area contributed by atoms with Crippen molar-refractivity contribution in [1.82, 2.24) is 14.7 Å². The van der Waals surface area contributed by atoms with Crippen LogP contribution < -0.4 is 4.74 Å². The van der Waals surface area contributed by atoms with Crippen LogP contribution in [0.25, 0.3) is 0 Å². The largest absolute Gasteiger partial charge is 0.484 e. The number of rotatable bonds is 6. The Bertz CT molecular complexity index is 976. The number of carbonyl (C=O) groups excluding carboxylic acids is 1. The number of piperazine rings is 1. The van der Waals surface area contributed by atoms with Gasteiger partial charge in [0, 0.05) is 43.8 Å². The van der Waals surface area contributed by atoms with Gasteiger partial charge in [0.1, 0.15) is 5.75 Å². The van der Waals surface area contributed by atoms with Gasteiger partial charge in [-0.1, -0.05) is 41.9 Å². The Morgan fingerprint density at radius 1 is 0.833 bits per heavy atom. The number of halogens is 1. The lowest BCUT2D eigenvalue weighted by Gasteiger charge is -2.42. The van der Waals surface area contributed by atoms with Crippen LogP contribution in [-0.4, -0.2) is 94.7 Å². The molecule has 2 fully saturated rings. The maximum absolute atomic E-state index is 12.5. The van der Waals surface area contributed by atoms with Crippen molar-refractivity contribution in [1.29, 1.82) is 0 Å². The molecule has 9 nitrogen and oxygen atoms in total. The molecule has 194 valence electrons. The summed E-state index contributed by atoms with van der Waals surface area (Å²) in [5.41, 5.74) is 1.39. The molecule has 2 saturated heterocycles. The number of hydrogen-bond acceptors (Lipinski definition) is 6. The molecule has 2 aromatic carbocycles. The summed E-state index contributed by atoms with van der Waals surface area (Å²) in [6, 6.07) is 18.5. The lowest BCUT2D eigenvalue weighted by atomic mass is 10.0. The van der Waals surface area contributed by atoms with Crippen molar-refractivity contribution in [2.24, 2.45) is 0 Å². The fourth-order valence-corrected chi connectivity index (χ4v) is 4.51. The van der Waals surface area contributed by atoms with Gasteiger partial charge in [-0.2, -0.15) is 0 Å². The number of carboxylic acid groups (broad SMARTS) is 2. The molecule has 10 heteroatoms. The molecule has 2 aliphatic heterocycles. The van der Waals surface area contributed by atoms with Crippen LogP contribution in [0.3, 0.4) is 0 Å². The topological polar surface area (TPSA) is 111 Å². The van der Waals surface area contributed by atoms with Crippen LogP contribution in [0.15, 0.2) is 54.6 Å². The second kappa shape index (κ2) is 13.8. The van der Waals surface area contributed by atoms with Crippen molar-refractivity contribution in [2.45, 2.75) is 25.4 Å². The summed E-state index contributed by atoms with van der Waals surface area (Å²) in [4.78, 5) is 37.7. The van der Waals surface area contributed by atoms with Crippen LogP contribution >= 0.6 is 11.6 Å². The van der Waals surface area contributed by atoms with Gasteiger partial charge in [0.05, 0.1) is 0 Å². The first-order chi connectivity index (χ1) is 17.3. The monoisotopic (exact) mass is 517 g/mol. The third-order valence-electron chi connectivity index (χ3n) is 6.35. The average molecular weight is 518 g/mol. The number of carboxylic acids is 2. The van der Waals surface area contributed by atoms with E-state index in [0.717, 1.165) is 45.8 Å². The minimum atomic E-state index is -1.82. The number of nitrogens with zero attached hydrogens (tertiary/aromatic N) is 3. The van der Waals surface area contributed by atoms with E-state index in [1.54, 1.807) is 24.3 Å². The summed E-state index contributed by atoms with van der Waals surface area (Å²) < 4.78 is 5.61. The molecule has 2 N–H and O–H groups in total. The van der Waals surface area contributed by atoms with E-state index in [4.69, 9.17) is 36.1 Å². The maximum atomic E-state index is 12.5. The van der Waals surface area contributed by atoms with Gasteiger partial charge in [-0.05, 0) is 55.8 Å². The van der Waals surface area contributed by atoms with Gasteiger partial charge in [-0.3, -0.25) is 14.6 Å². The van der Waals surface area contributed by atoms with Crippen LogP contribution in [0.1, 0.15) is 18.4 Å². The number of hydrogen-bond donors (Lipinski definition) is 2. The summed E-state index contributed by atoms with van der Waals surface area (Å²) in [7, 11) is 0. The molecule has 0 atom stereocenters. The van der Waals surface area contributed by atoms with Crippen molar-refractivity contribution < 1.29 is 29.3 Å². The minimum Gasteiger partial charge on any atom is -0.484 e. The third kappa shape index (κ3) is 8.82. The molecule has 0 radical (unpaired) electrons. The van der Waals surface area contributed by atoms with Crippen LogP contribution in [0.2, 0.25) is 5.02 Å². The molecule has 0 unspecified atom stereocenters. The minimum absolute atomic E-state index is 0.0577. The van der Waals surface area contributed by atoms with Gasteiger partial charge >= 0.3 is 11.9 Å². The van der Waals surface area contributed by atoms with E-state index >= 15 is 0 Å². The molecule has 2 aromatic rings. The average Bonchev–Trinajstić information content (AvgIpc) is 2.90. The van der Waals surface area contributed by atoms with Gasteiger partial charge in [-0.25, -0.2) is 9.59 Å². The van der Waals surface area contributed by atoms with E-state index in [1.165, 1.54) is 18.4 Å². The Labute approximate surface area is 215 Å².